The van der Waals surface area contributed by atoms with Gasteiger partial charge in [0.1, 0.15) is 5.82 Å². The molecule has 0 radical (unpaired) electrons. The van der Waals surface area contributed by atoms with E-state index in [1.54, 1.807) is 13.1 Å². The second-order valence-corrected chi connectivity index (χ2v) is 7.15. The molecule has 2 heterocycles. The van der Waals surface area contributed by atoms with Crippen molar-refractivity contribution in [2.24, 2.45) is 4.99 Å². The van der Waals surface area contributed by atoms with Crippen molar-refractivity contribution in [1.29, 1.82) is 0 Å². The molecule has 28 heavy (non-hydrogen) atoms. The molecule has 0 bridgehead atoms. The summed E-state index contributed by atoms with van der Waals surface area (Å²) in [4.78, 5) is 13.4. The highest BCUT2D eigenvalue weighted by Gasteiger charge is 2.22. The molecule has 0 aliphatic carbocycles. The molecule has 1 N–H and O–H groups in total. The van der Waals surface area contributed by atoms with Crippen molar-refractivity contribution in [2.45, 2.75) is 26.8 Å². The fourth-order valence-electron chi connectivity index (χ4n) is 3.07. The summed E-state index contributed by atoms with van der Waals surface area (Å²) in [5.74, 6) is 1.67. The molecule has 152 valence electrons. The van der Waals surface area contributed by atoms with Gasteiger partial charge < -0.3 is 19.9 Å². The van der Waals surface area contributed by atoms with Gasteiger partial charge in [-0.1, -0.05) is 13.0 Å². The number of nitrogens with one attached hydrogen (secondary N) is 1. The van der Waals surface area contributed by atoms with Crippen LogP contribution in [0.4, 0.5) is 9.52 Å². The third-order valence-corrected chi connectivity index (χ3v) is 5.40. The van der Waals surface area contributed by atoms with E-state index in [1.165, 1.54) is 17.6 Å². The van der Waals surface area contributed by atoms with Gasteiger partial charge in [0.15, 0.2) is 17.5 Å². The topological polar surface area (TPSA) is 65.9 Å². The summed E-state index contributed by atoms with van der Waals surface area (Å²) >= 11 is 1.46. The Labute approximate surface area is 169 Å². The van der Waals surface area contributed by atoms with Gasteiger partial charge in [0.2, 0.25) is 5.13 Å². The quantitative estimate of drug-likeness (QED) is 0.588. The lowest BCUT2D eigenvalue weighted by Crippen LogP contribution is -2.52. The van der Waals surface area contributed by atoms with Crippen LogP contribution in [0.25, 0.3) is 0 Å². The van der Waals surface area contributed by atoms with Crippen LogP contribution in [0.15, 0.2) is 23.2 Å². The molecular formula is C19H27FN6OS. The molecule has 1 aromatic carbocycles. The second-order valence-electron chi connectivity index (χ2n) is 6.42. The zero-order chi connectivity index (χ0) is 19.9. The number of hydrogen-bond acceptors (Lipinski definition) is 6. The minimum absolute atomic E-state index is 0.287. The van der Waals surface area contributed by atoms with E-state index in [2.05, 4.69) is 36.4 Å². The molecule has 1 aromatic heterocycles. The Kier molecular flexibility index (Phi) is 7.02. The summed E-state index contributed by atoms with van der Waals surface area (Å²) in [7, 11) is 1.77. The van der Waals surface area contributed by atoms with Crippen molar-refractivity contribution in [3.8, 4) is 5.75 Å². The van der Waals surface area contributed by atoms with Crippen molar-refractivity contribution < 1.29 is 9.13 Å². The first-order chi connectivity index (χ1) is 13.6. The Morgan fingerprint density at radius 1 is 1.29 bits per heavy atom. The van der Waals surface area contributed by atoms with E-state index >= 15 is 0 Å². The number of ether oxygens (including phenoxy) is 1. The first-order valence-corrected chi connectivity index (χ1v) is 10.4. The highest BCUT2D eigenvalue weighted by Crippen LogP contribution is 2.20. The molecule has 7 nitrogen and oxygen atoms in total. The van der Waals surface area contributed by atoms with Crippen LogP contribution < -0.4 is 15.0 Å². The van der Waals surface area contributed by atoms with Gasteiger partial charge in [-0.15, -0.1) is 0 Å². The number of aliphatic imine (C=N–C) groups is 1. The van der Waals surface area contributed by atoms with Crippen LogP contribution in [0.3, 0.4) is 0 Å². The predicted octanol–water partition coefficient (Wildman–Crippen LogP) is 2.54. The summed E-state index contributed by atoms with van der Waals surface area (Å²) in [6, 6.07) is 5.04. The Balaban J connectivity index is 1.53. The van der Waals surface area contributed by atoms with E-state index in [9.17, 15) is 4.39 Å². The molecule has 0 spiro atoms. The minimum Gasteiger partial charge on any atom is -0.491 e. The lowest BCUT2D eigenvalue weighted by molar-refractivity contribution is 0.321. The largest absolute Gasteiger partial charge is 0.491 e. The van der Waals surface area contributed by atoms with E-state index in [0.717, 1.165) is 55.1 Å². The molecule has 1 aliphatic rings. The van der Waals surface area contributed by atoms with Crippen LogP contribution in [0.5, 0.6) is 5.75 Å². The number of aryl methyl sites for hydroxylation is 1. The SMILES string of the molecule is CCOc1ccc(CNC(=NC)N2CCN(c3nc(CC)ns3)CC2)cc1F. The van der Waals surface area contributed by atoms with Gasteiger partial charge in [-0.25, -0.2) is 9.37 Å². The maximum Gasteiger partial charge on any atom is 0.205 e. The molecule has 0 unspecified atom stereocenters. The van der Waals surface area contributed by atoms with Crippen LogP contribution in [-0.2, 0) is 13.0 Å². The monoisotopic (exact) mass is 406 g/mol. The molecule has 1 saturated heterocycles. The van der Waals surface area contributed by atoms with Gasteiger partial charge in [-0.05, 0) is 24.6 Å². The number of hydrogen-bond donors (Lipinski definition) is 1. The zero-order valence-electron chi connectivity index (χ0n) is 16.6. The molecule has 0 saturated carbocycles. The molecule has 2 aromatic rings. The van der Waals surface area contributed by atoms with Gasteiger partial charge in [-0.3, -0.25) is 4.99 Å². The average Bonchev–Trinajstić information content (AvgIpc) is 3.20. The van der Waals surface area contributed by atoms with Crippen molar-refractivity contribution in [3.63, 3.8) is 0 Å². The summed E-state index contributed by atoms with van der Waals surface area (Å²) in [6.45, 7) is 8.29. The summed E-state index contributed by atoms with van der Waals surface area (Å²) in [5.41, 5.74) is 0.849. The van der Waals surface area contributed by atoms with Crippen molar-refractivity contribution in [3.05, 3.63) is 35.4 Å². The highest BCUT2D eigenvalue weighted by molar-refractivity contribution is 7.09. The number of nitrogens with zero attached hydrogens (tertiary/aromatic N) is 5. The highest BCUT2D eigenvalue weighted by atomic mass is 32.1. The van der Waals surface area contributed by atoms with Crippen LogP contribution >= 0.6 is 11.5 Å². The van der Waals surface area contributed by atoms with Crippen molar-refractivity contribution in [2.75, 3.05) is 44.7 Å². The smallest absolute Gasteiger partial charge is 0.205 e. The van der Waals surface area contributed by atoms with Crippen LogP contribution in [0, 0.1) is 5.82 Å². The normalized spacial score (nSPS) is 15.1. The zero-order valence-corrected chi connectivity index (χ0v) is 17.4. The van der Waals surface area contributed by atoms with Crippen LogP contribution in [-0.4, -0.2) is 60.1 Å². The van der Waals surface area contributed by atoms with Gasteiger partial charge in [0, 0.05) is 57.7 Å². The average molecular weight is 407 g/mol. The summed E-state index contributed by atoms with van der Waals surface area (Å²) < 4.78 is 23.6. The van der Waals surface area contributed by atoms with Crippen molar-refractivity contribution in [1.82, 2.24) is 19.6 Å². The third kappa shape index (κ3) is 4.89. The number of rotatable bonds is 6. The third-order valence-electron chi connectivity index (χ3n) is 4.58. The van der Waals surface area contributed by atoms with Crippen LogP contribution in [0.2, 0.25) is 0 Å². The number of anilines is 1. The maximum absolute atomic E-state index is 14.0. The Morgan fingerprint density at radius 2 is 2.07 bits per heavy atom. The second kappa shape index (κ2) is 9.68. The van der Waals surface area contributed by atoms with Crippen molar-refractivity contribution >= 4 is 22.6 Å². The Morgan fingerprint density at radius 3 is 2.68 bits per heavy atom. The standard InChI is InChI=1S/C19H27FN6OS/c1-4-17-23-19(28-24-17)26-10-8-25(9-11-26)18(21-3)22-13-14-6-7-16(27-5-2)15(20)12-14/h6-7,12H,4-5,8-11,13H2,1-3H3,(H,21,22). The van der Waals surface area contributed by atoms with Crippen LogP contribution in [0.1, 0.15) is 25.2 Å². The van der Waals surface area contributed by atoms with E-state index in [1.807, 2.05) is 13.0 Å². The van der Waals surface area contributed by atoms with E-state index in [4.69, 9.17) is 4.74 Å². The number of halogens is 1. The Bertz CT molecular complexity index is 803. The maximum atomic E-state index is 14.0. The van der Waals surface area contributed by atoms with Gasteiger partial charge >= 0.3 is 0 Å². The Hall–Kier alpha value is -2.42. The summed E-state index contributed by atoms with van der Waals surface area (Å²) in [5, 5.41) is 4.32. The molecule has 1 aliphatic heterocycles. The molecule has 0 amide bonds. The fraction of sp³-hybridized carbons (Fsp3) is 0.526. The van der Waals surface area contributed by atoms with Gasteiger partial charge in [0.05, 0.1) is 6.61 Å². The number of piperazine rings is 1. The van der Waals surface area contributed by atoms with Gasteiger partial charge in [-0.2, -0.15) is 4.37 Å². The predicted molar refractivity (Wildman–Crippen MR) is 111 cm³/mol. The molecular weight excluding hydrogens is 379 g/mol. The lowest BCUT2D eigenvalue weighted by atomic mass is 10.2. The molecule has 9 heteroatoms. The first kappa shape index (κ1) is 20.3. The van der Waals surface area contributed by atoms with E-state index in [0.29, 0.717) is 13.2 Å². The number of guanidine groups is 1. The van der Waals surface area contributed by atoms with E-state index in [-0.39, 0.29) is 11.6 Å². The minimum atomic E-state index is -0.340. The number of aromatic nitrogens is 2. The lowest BCUT2D eigenvalue weighted by Gasteiger charge is -2.36. The molecule has 0 atom stereocenters. The summed E-state index contributed by atoms with van der Waals surface area (Å²) in [6.07, 6.45) is 0.860. The molecule has 3 rings (SSSR count). The molecule has 1 fully saturated rings. The number of benzene rings is 1. The fourth-order valence-corrected chi connectivity index (χ4v) is 3.87. The first-order valence-electron chi connectivity index (χ1n) is 9.59. The van der Waals surface area contributed by atoms with Gasteiger partial charge in [0.25, 0.3) is 0 Å². The van der Waals surface area contributed by atoms with E-state index < -0.39 is 0 Å².